The summed E-state index contributed by atoms with van der Waals surface area (Å²) < 4.78 is 5.40. The van der Waals surface area contributed by atoms with E-state index < -0.39 is 0 Å². The number of methoxy groups -OCH3 is 1. The quantitative estimate of drug-likeness (QED) is 0.444. The van der Waals surface area contributed by atoms with Crippen molar-refractivity contribution in [2.24, 2.45) is 5.41 Å². The van der Waals surface area contributed by atoms with Crippen molar-refractivity contribution in [2.45, 2.75) is 32.6 Å². The first kappa shape index (κ1) is 21.6. The fourth-order valence-electron chi connectivity index (χ4n) is 5.90. The number of ether oxygens (including phenoxy) is 1. The number of carbonyl (C=O) groups is 2. The highest BCUT2D eigenvalue weighted by Crippen LogP contribution is 2.56. The molecule has 0 bridgehead atoms. The zero-order chi connectivity index (χ0) is 24.3. The molecular formula is C31H27NO3. The predicted molar refractivity (Wildman–Crippen MR) is 137 cm³/mol. The Morgan fingerprint density at radius 3 is 2.14 bits per heavy atom. The van der Waals surface area contributed by atoms with Crippen LogP contribution in [-0.2, 0) is 4.79 Å². The van der Waals surface area contributed by atoms with Crippen LogP contribution in [0.4, 0.5) is 5.69 Å². The van der Waals surface area contributed by atoms with Crippen LogP contribution in [0, 0.1) is 5.41 Å². The number of rotatable bonds is 3. The van der Waals surface area contributed by atoms with Crippen molar-refractivity contribution in [2.75, 3.05) is 12.0 Å². The summed E-state index contributed by atoms with van der Waals surface area (Å²) in [7, 11) is 1.65. The maximum atomic E-state index is 14.0. The Morgan fingerprint density at radius 1 is 0.800 bits per heavy atom. The van der Waals surface area contributed by atoms with Crippen molar-refractivity contribution < 1.29 is 14.3 Å². The first-order chi connectivity index (χ1) is 16.9. The van der Waals surface area contributed by atoms with Gasteiger partial charge in [-0.1, -0.05) is 68.4 Å². The number of hydrogen-bond donors (Lipinski definition) is 0. The number of anilines is 1. The molecule has 1 aliphatic heterocycles. The van der Waals surface area contributed by atoms with E-state index in [0.29, 0.717) is 17.6 Å². The summed E-state index contributed by atoms with van der Waals surface area (Å²) in [6.07, 6.45) is 1.21. The van der Waals surface area contributed by atoms with E-state index in [1.165, 1.54) is 0 Å². The van der Waals surface area contributed by atoms with E-state index in [0.717, 1.165) is 46.0 Å². The molecule has 0 saturated carbocycles. The average Bonchev–Trinajstić information content (AvgIpc) is 3.15. The van der Waals surface area contributed by atoms with E-state index in [1.54, 1.807) is 7.11 Å². The molecule has 4 nitrogen and oxygen atoms in total. The molecule has 0 amide bonds. The highest BCUT2D eigenvalue weighted by molar-refractivity contribution is 6.25. The number of Topliss-reactive ketones (excluding diaryl/α,β-unsaturated/α-hetero) is 2. The summed E-state index contributed by atoms with van der Waals surface area (Å²) in [5, 5.41) is 0. The molecule has 4 heteroatoms. The van der Waals surface area contributed by atoms with Gasteiger partial charge in [-0.3, -0.25) is 9.59 Å². The lowest BCUT2D eigenvalue weighted by Crippen LogP contribution is -2.39. The third kappa shape index (κ3) is 3.28. The van der Waals surface area contributed by atoms with Gasteiger partial charge < -0.3 is 9.64 Å². The third-order valence-corrected chi connectivity index (χ3v) is 7.36. The summed E-state index contributed by atoms with van der Waals surface area (Å²) in [6.45, 7) is 4.30. The summed E-state index contributed by atoms with van der Waals surface area (Å²) in [5.74, 6) is 0.518. The van der Waals surface area contributed by atoms with Crippen LogP contribution in [0.3, 0.4) is 0 Å². The van der Waals surface area contributed by atoms with E-state index in [-0.39, 0.29) is 22.9 Å². The number of nitrogens with zero attached hydrogens (tertiary/aromatic N) is 1. The van der Waals surface area contributed by atoms with Crippen LogP contribution in [-0.4, -0.2) is 18.7 Å². The number of hydrogen-bond acceptors (Lipinski definition) is 4. The number of ketones is 2. The minimum atomic E-state index is -0.376. The Kier molecular flexibility index (Phi) is 4.82. The molecule has 0 N–H and O–H groups in total. The van der Waals surface area contributed by atoms with Gasteiger partial charge in [0.25, 0.3) is 0 Å². The summed E-state index contributed by atoms with van der Waals surface area (Å²) in [4.78, 5) is 30.0. The lowest BCUT2D eigenvalue weighted by Gasteiger charge is -2.44. The van der Waals surface area contributed by atoms with Crippen molar-refractivity contribution in [3.05, 3.63) is 112 Å². The zero-order valence-electron chi connectivity index (χ0n) is 20.2. The predicted octanol–water partition coefficient (Wildman–Crippen LogP) is 6.55. The van der Waals surface area contributed by atoms with Crippen LogP contribution in [0.15, 0.2) is 95.7 Å². The number of benzene rings is 3. The molecule has 1 atom stereocenters. The number of carbonyl (C=O) groups excluding carboxylic acids is 2. The minimum Gasteiger partial charge on any atom is -0.497 e. The van der Waals surface area contributed by atoms with Crippen LogP contribution in [0.25, 0.3) is 5.70 Å². The van der Waals surface area contributed by atoms with Gasteiger partial charge in [0.15, 0.2) is 11.6 Å². The molecule has 6 rings (SSSR count). The lowest BCUT2D eigenvalue weighted by molar-refractivity contribution is -0.118. The normalized spacial score (nSPS) is 20.5. The van der Waals surface area contributed by atoms with Crippen molar-refractivity contribution in [3.63, 3.8) is 0 Å². The first-order valence-electron chi connectivity index (χ1n) is 12.0. The number of fused-ring (bicyclic) bond motifs is 2. The molecule has 0 spiro atoms. The van der Waals surface area contributed by atoms with Gasteiger partial charge in [-0.05, 0) is 41.7 Å². The highest BCUT2D eigenvalue weighted by Gasteiger charge is 2.49. The van der Waals surface area contributed by atoms with Gasteiger partial charge in [-0.25, -0.2) is 0 Å². The van der Waals surface area contributed by atoms with Gasteiger partial charge in [-0.2, -0.15) is 0 Å². The molecule has 0 aromatic heterocycles. The molecule has 2 aliphatic carbocycles. The Balaban J connectivity index is 1.68. The molecule has 174 valence electrons. The summed E-state index contributed by atoms with van der Waals surface area (Å²) in [6, 6.07) is 25.7. The SMILES string of the molecule is COc1ccc(N2C3=C(C(=O)CC(C)(C)C3)C(c3ccccc3)C3=C2c2ccccc2C3=O)cc1. The minimum absolute atomic E-state index is 0.00662. The fraction of sp³-hybridized carbons (Fsp3) is 0.226. The van der Waals surface area contributed by atoms with Crippen molar-refractivity contribution in [3.8, 4) is 5.75 Å². The molecular weight excluding hydrogens is 434 g/mol. The third-order valence-electron chi connectivity index (χ3n) is 7.36. The van der Waals surface area contributed by atoms with Crippen LogP contribution in [0.2, 0.25) is 0 Å². The lowest BCUT2D eigenvalue weighted by atomic mass is 9.68. The van der Waals surface area contributed by atoms with Gasteiger partial charge >= 0.3 is 0 Å². The second-order valence-corrected chi connectivity index (χ2v) is 10.3. The molecule has 0 saturated heterocycles. The van der Waals surface area contributed by atoms with Crippen molar-refractivity contribution in [1.82, 2.24) is 0 Å². The van der Waals surface area contributed by atoms with E-state index in [1.807, 2.05) is 78.9 Å². The van der Waals surface area contributed by atoms with Crippen molar-refractivity contribution in [1.29, 1.82) is 0 Å². The van der Waals surface area contributed by atoms with Crippen LogP contribution >= 0.6 is 0 Å². The molecule has 3 aromatic carbocycles. The largest absolute Gasteiger partial charge is 0.497 e. The summed E-state index contributed by atoms with van der Waals surface area (Å²) in [5.41, 5.74) is 6.69. The van der Waals surface area contributed by atoms with E-state index in [2.05, 4.69) is 18.7 Å². The Labute approximate surface area is 205 Å². The number of allylic oxidation sites excluding steroid dienone is 3. The van der Waals surface area contributed by atoms with E-state index in [4.69, 9.17) is 4.74 Å². The Bertz CT molecular complexity index is 1430. The van der Waals surface area contributed by atoms with Crippen LogP contribution < -0.4 is 9.64 Å². The maximum Gasteiger partial charge on any atom is 0.192 e. The van der Waals surface area contributed by atoms with Gasteiger partial charge in [0, 0.05) is 46.0 Å². The second kappa shape index (κ2) is 7.81. The monoisotopic (exact) mass is 461 g/mol. The molecule has 0 radical (unpaired) electrons. The highest BCUT2D eigenvalue weighted by atomic mass is 16.5. The van der Waals surface area contributed by atoms with Gasteiger partial charge in [0.2, 0.25) is 0 Å². The Hall–Kier alpha value is -3.92. The van der Waals surface area contributed by atoms with Gasteiger partial charge in [0.1, 0.15) is 5.75 Å². The van der Waals surface area contributed by atoms with E-state index >= 15 is 0 Å². The fourth-order valence-corrected chi connectivity index (χ4v) is 5.90. The van der Waals surface area contributed by atoms with Crippen LogP contribution in [0.1, 0.15) is 54.1 Å². The topological polar surface area (TPSA) is 46.6 Å². The maximum absolute atomic E-state index is 14.0. The smallest absolute Gasteiger partial charge is 0.192 e. The van der Waals surface area contributed by atoms with Crippen molar-refractivity contribution >= 4 is 23.0 Å². The van der Waals surface area contributed by atoms with E-state index in [9.17, 15) is 9.59 Å². The standard InChI is InChI=1S/C31H27NO3/c1-31(2)17-24-27(25(33)18-31)26(19-9-5-4-6-10-19)28-29(22-11-7-8-12-23(22)30(28)34)32(24)20-13-15-21(35-3)16-14-20/h4-16,26H,17-18H2,1-3H3. The second-order valence-electron chi connectivity index (χ2n) is 10.3. The Morgan fingerprint density at radius 2 is 1.46 bits per heavy atom. The van der Waals surface area contributed by atoms with Gasteiger partial charge in [-0.15, -0.1) is 0 Å². The summed E-state index contributed by atoms with van der Waals surface area (Å²) >= 11 is 0. The zero-order valence-corrected chi connectivity index (χ0v) is 20.2. The molecule has 1 unspecified atom stereocenters. The first-order valence-corrected chi connectivity index (χ1v) is 12.0. The molecule has 35 heavy (non-hydrogen) atoms. The molecule has 0 fully saturated rings. The van der Waals surface area contributed by atoms with Gasteiger partial charge in [0.05, 0.1) is 12.8 Å². The molecule has 3 aliphatic rings. The van der Waals surface area contributed by atoms with Crippen LogP contribution in [0.5, 0.6) is 5.75 Å². The average molecular weight is 462 g/mol. The molecule has 3 aromatic rings. The molecule has 1 heterocycles.